The van der Waals surface area contributed by atoms with Gasteiger partial charge < -0.3 is 20.1 Å². The van der Waals surface area contributed by atoms with Gasteiger partial charge in [0.2, 0.25) is 0 Å². The summed E-state index contributed by atoms with van der Waals surface area (Å²) in [6.07, 6.45) is 0.775. The Bertz CT molecular complexity index is 298. The summed E-state index contributed by atoms with van der Waals surface area (Å²) < 4.78 is 5.15. The van der Waals surface area contributed by atoms with Crippen molar-refractivity contribution >= 4 is 12.0 Å². The molecule has 2 amide bonds. The van der Waals surface area contributed by atoms with Gasteiger partial charge in [-0.1, -0.05) is 0 Å². The fourth-order valence-corrected chi connectivity index (χ4v) is 1.81. The third-order valence-corrected chi connectivity index (χ3v) is 3.02. The van der Waals surface area contributed by atoms with Gasteiger partial charge in [-0.25, -0.2) is 9.59 Å². The van der Waals surface area contributed by atoms with Gasteiger partial charge in [0.15, 0.2) is 0 Å². The first-order valence-electron chi connectivity index (χ1n) is 5.78. The van der Waals surface area contributed by atoms with Crippen LogP contribution in [-0.2, 0) is 9.53 Å². The van der Waals surface area contributed by atoms with E-state index in [1.807, 2.05) is 0 Å². The maximum absolute atomic E-state index is 12.0. The molecular formula is C11H20N2O4. The zero-order chi connectivity index (χ0) is 13.1. The van der Waals surface area contributed by atoms with Gasteiger partial charge in [-0.3, -0.25) is 0 Å². The highest BCUT2D eigenvalue weighted by Crippen LogP contribution is 2.15. The summed E-state index contributed by atoms with van der Waals surface area (Å²) in [5.41, 5.74) is -1.21. The van der Waals surface area contributed by atoms with Crippen LogP contribution in [-0.4, -0.2) is 53.3 Å². The van der Waals surface area contributed by atoms with Crippen LogP contribution >= 0.6 is 0 Å². The Morgan fingerprint density at radius 1 is 1.53 bits per heavy atom. The van der Waals surface area contributed by atoms with Gasteiger partial charge >= 0.3 is 12.0 Å². The Kier molecular flexibility index (Phi) is 4.34. The SMILES string of the molecule is CCN(C(=O)NC1CCOC1)C(C)(C)C(=O)O. The molecule has 0 aromatic rings. The number of rotatable bonds is 4. The number of hydrogen-bond acceptors (Lipinski definition) is 3. The number of hydrogen-bond donors (Lipinski definition) is 2. The third-order valence-electron chi connectivity index (χ3n) is 3.02. The number of likely N-dealkylation sites (N-methyl/N-ethyl adjacent to an activating group) is 1. The molecule has 0 spiro atoms. The van der Waals surface area contributed by atoms with Crippen molar-refractivity contribution in [1.82, 2.24) is 10.2 Å². The molecule has 1 fully saturated rings. The molecule has 1 heterocycles. The van der Waals surface area contributed by atoms with Crippen molar-refractivity contribution in [2.24, 2.45) is 0 Å². The zero-order valence-electron chi connectivity index (χ0n) is 10.5. The first-order chi connectivity index (χ1) is 7.89. The van der Waals surface area contributed by atoms with Crippen molar-refractivity contribution in [3.8, 4) is 0 Å². The van der Waals surface area contributed by atoms with Crippen LogP contribution in [0, 0.1) is 0 Å². The minimum Gasteiger partial charge on any atom is -0.480 e. The highest BCUT2D eigenvalue weighted by atomic mass is 16.5. The van der Waals surface area contributed by atoms with Gasteiger partial charge in [0.25, 0.3) is 0 Å². The predicted molar refractivity (Wildman–Crippen MR) is 61.9 cm³/mol. The van der Waals surface area contributed by atoms with E-state index in [1.54, 1.807) is 6.92 Å². The van der Waals surface area contributed by atoms with Gasteiger partial charge in [-0.05, 0) is 27.2 Å². The summed E-state index contributed by atoms with van der Waals surface area (Å²) in [5, 5.41) is 11.9. The average molecular weight is 244 g/mol. The second-order valence-corrected chi connectivity index (χ2v) is 4.62. The molecule has 1 aliphatic heterocycles. The minimum atomic E-state index is -1.21. The molecule has 2 N–H and O–H groups in total. The molecule has 17 heavy (non-hydrogen) atoms. The molecule has 1 unspecified atom stereocenters. The number of nitrogens with zero attached hydrogens (tertiary/aromatic N) is 1. The molecule has 1 saturated heterocycles. The fourth-order valence-electron chi connectivity index (χ4n) is 1.81. The van der Waals surface area contributed by atoms with Crippen LogP contribution in [0.1, 0.15) is 27.2 Å². The lowest BCUT2D eigenvalue weighted by Crippen LogP contribution is -2.57. The van der Waals surface area contributed by atoms with E-state index in [4.69, 9.17) is 9.84 Å². The molecule has 0 aromatic carbocycles. The normalized spacial score (nSPS) is 20.1. The largest absolute Gasteiger partial charge is 0.480 e. The Balaban J connectivity index is 2.66. The van der Waals surface area contributed by atoms with E-state index in [0.29, 0.717) is 19.8 Å². The number of carbonyl (C=O) groups excluding carboxylic acids is 1. The summed E-state index contributed by atoms with van der Waals surface area (Å²) in [6.45, 7) is 6.28. The number of nitrogens with one attached hydrogen (secondary N) is 1. The predicted octanol–water partition coefficient (Wildman–Crippen LogP) is 0.670. The smallest absolute Gasteiger partial charge is 0.329 e. The summed E-state index contributed by atoms with van der Waals surface area (Å²) >= 11 is 0. The first kappa shape index (κ1) is 13.8. The van der Waals surface area contributed by atoms with Gasteiger partial charge in [-0.2, -0.15) is 0 Å². The Morgan fingerprint density at radius 3 is 2.59 bits per heavy atom. The Hall–Kier alpha value is -1.30. The Labute approximate surface area is 101 Å². The number of amides is 2. The second-order valence-electron chi connectivity index (χ2n) is 4.62. The van der Waals surface area contributed by atoms with Crippen LogP contribution in [0.25, 0.3) is 0 Å². The number of carboxylic acids is 1. The van der Waals surface area contributed by atoms with Crippen LogP contribution in [0.2, 0.25) is 0 Å². The fraction of sp³-hybridized carbons (Fsp3) is 0.818. The Morgan fingerprint density at radius 2 is 2.18 bits per heavy atom. The highest BCUT2D eigenvalue weighted by molar-refractivity contribution is 5.85. The van der Waals surface area contributed by atoms with E-state index in [1.165, 1.54) is 18.7 Å². The molecule has 6 nitrogen and oxygen atoms in total. The van der Waals surface area contributed by atoms with E-state index in [2.05, 4.69) is 5.32 Å². The van der Waals surface area contributed by atoms with Crippen LogP contribution < -0.4 is 5.32 Å². The zero-order valence-corrected chi connectivity index (χ0v) is 10.5. The van der Waals surface area contributed by atoms with Crippen LogP contribution in [0.4, 0.5) is 4.79 Å². The van der Waals surface area contributed by atoms with Crippen molar-refractivity contribution < 1.29 is 19.4 Å². The standard InChI is InChI=1S/C11H20N2O4/c1-4-13(11(2,3)9(14)15)10(16)12-8-5-6-17-7-8/h8H,4-7H2,1-3H3,(H,12,16)(H,14,15). The van der Waals surface area contributed by atoms with Crippen LogP contribution in [0.3, 0.4) is 0 Å². The maximum Gasteiger partial charge on any atom is 0.329 e. The molecule has 0 bridgehead atoms. The summed E-state index contributed by atoms with van der Waals surface area (Å²) in [7, 11) is 0. The van der Waals surface area contributed by atoms with Crippen molar-refractivity contribution in [2.75, 3.05) is 19.8 Å². The second kappa shape index (κ2) is 5.35. The number of urea groups is 1. The lowest BCUT2D eigenvalue weighted by Gasteiger charge is -2.34. The molecule has 0 radical (unpaired) electrons. The van der Waals surface area contributed by atoms with Crippen molar-refractivity contribution in [2.45, 2.75) is 38.8 Å². The minimum absolute atomic E-state index is 0.0128. The van der Waals surface area contributed by atoms with Crippen molar-refractivity contribution in [1.29, 1.82) is 0 Å². The molecule has 0 saturated carbocycles. The molecular weight excluding hydrogens is 224 g/mol. The molecule has 0 aliphatic carbocycles. The first-order valence-corrected chi connectivity index (χ1v) is 5.78. The van der Waals surface area contributed by atoms with E-state index in [9.17, 15) is 9.59 Å². The van der Waals surface area contributed by atoms with E-state index < -0.39 is 11.5 Å². The quantitative estimate of drug-likeness (QED) is 0.762. The monoisotopic (exact) mass is 244 g/mol. The van der Waals surface area contributed by atoms with E-state index in [0.717, 1.165) is 6.42 Å². The highest BCUT2D eigenvalue weighted by Gasteiger charge is 2.37. The number of ether oxygens (including phenoxy) is 1. The topological polar surface area (TPSA) is 78.9 Å². The average Bonchev–Trinajstić information content (AvgIpc) is 2.70. The molecule has 98 valence electrons. The third kappa shape index (κ3) is 3.09. The number of aliphatic carboxylic acids is 1. The van der Waals surface area contributed by atoms with Gasteiger partial charge in [0.05, 0.1) is 12.6 Å². The molecule has 0 aromatic heterocycles. The summed E-state index contributed by atoms with van der Waals surface area (Å²) in [4.78, 5) is 24.4. The van der Waals surface area contributed by atoms with Gasteiger partial charge in [0.1, 0.15) is 5.54 Å². The summed E-state index contributed by atoms with van der Waals surface area (Å²) in [5.74, 6) is -1.02. The van der Waals surface area contributed by atoms with E-state index >= 15 is 0 Å². The van der Waals surface area contributed by atoms with Crippen molar-refractivity contribution in [3.05, 3.63) is 0 Å². The van der Waals surface area contributed by atoms with Crippen molar-refractivity contribution in [3.63, 3.8) is 0 Å². The molecule has 6 heteroatoms. The lowest BCUT2D eigenvalue weighted by molar-refractivity contribution is -0.147. The van der Waals surface area contributed by atoms with Gasteiger partial charge in [-0.15, -0.1) is 0 Å². The van der Waals surface area contributed by atoms with Crippen LogP contribution in [0.5, 0.6) is 0 Å². The van der Waals surface area contributed by atoms with E-state index in [-0.39, 0.29) is 12.1 Å². The van der Waals surface area contributed by atoms with Crippen LogP contribution in [0.15, 0.2) is 0 Å². The maximum atomic E-state index is 12.0. The van der Waals surface area contributed by atoms with Gasteiger partial charge in [0, 0.05) is 13.2 Å². The number of carbonyl (C=O) groups is 2. The molecule has 1 rings (SSSR count). The summed E-state index contributed by atoms with van der Waals surface area (Å²) in [6, 6.07) is -0.364. The lowest BCUT2D eigenvalue weighted by atomic mass is 10.0. The number of carboxylic acid groups (broad SMARTS) is 1. The molecule has 1 aliphatic rings. The molecule has 1 atom stereocenters.